The summed E-state index contributed by atoms with van der Waals surface area (Å²) in [5.41, 5.74) is 1.12. The van der Waals surface area contributed by atoms with Gasteiger partial charge in [-0.25, -0.2) is 0 Å². The molecule has 0 radical (unpaired) electrons. The Kier molecular flexibility index (Phi) is 5.61. The smallest absolute Gasteiger partial charge is 0.260 e. The lowest BCUT2D eigenvalue weighted by Crippen LogP contribution is -2.41. The van der Waals surface area contributed by atoms with Crippen molar-refractivity contribution >= 4 is 5.91 Å². The first kappa shape index (κ1) is 14.5. The number of hydrogen-bond donors (Lipinski definition) is 3. The topological polar surface area (TPSA) is 78.8 Å². The number of amides is 1. The third-order valence-electron chi connectivity index (χ3n) is 2.43. The van der Waals surface area contributed by atoms with Gasteiger partial charge in [-0.1, -0.05) is 17.7 Å². The Morgan fingerprint density at radius 2 is 2.00 bits per heavy atom. The lowest BCUT2D eigenvalue weighted by atomic mass is 10.2. The summed E-state index contributed by atoms with van der Waals surface area (Å²) in [5, 5.41) is 20.2. The highest BCUT2D eigenvalue weighted by Gasteiger charge is 2.15. The molecule has 0 aliphatic heterocycles. The Morgan fingerprint density at radius 3 is 2.56 bits per heavy atom. The highest BCUT2D eigenvalue weighted by atomic mass is 16.5. The number of carbonyl (C=O) groups is 1. The highest BCUT2D eigenvalue weighted by Crippen LogP contribution is 2.13. The lowest BCUT2D eigenvalue weighted by Gasteiger charge is -2.16. The van der Waals surface area contributed by atoms with Crippen LogP contribution in [0.1, 0.15) is 12.5 Å². The summed E-state index contributed by atoms with van der Waals surface area (Å²) in [6, 6.07) is 7.38. The van der Waals surface area contributed by atoms with Gasteiger partial charge in [-0.05, 0) is 26.0 Å². The summed E-state index contributed by atoms with van der Waals surface area (Å²) in [6.45, 7) is 3.22. The van der Waals surface area contributed by atoms with Crippen molar-refractivity contribution in [2.24, 2.45) is 0 Å². The minimum absolute atomic E-state index is 0.0108. The molecule has 0 saturated carbocycles. The number of carbonyl (C=O) groups excluding carboxylic acids is 1. The number of rotatable bonds is 6. The van der Waals surface area contributed by atoms with Crippen LogP contribution >= 0.6 is 0 Å². The van der Waals surface area contributed by atoms with Crippen LogP contribution < -0.4 is 10.1 Å². The lowest BCUT2D eigenvalue weighted by molar-refractivity contribution is -0.127. The first-order valence-corrected chi connectivity index (χ1v) is 5.83. The van der Waals surface area contributed by atoms with Gasteiger partial charge >= 0.3 is 0 Å². The number of aliphatic hydroxyl groups is 2. The Labute approximate surface area is 106 Å². The van der Waals surface area contributed by atoms with E-state index >= 15 is 0 Å². The van der Waals surface area contributed by atoms with Crippen LogP contribution in [0.4, 0.5) is 0 Å². The second-order valence-electron chi connectivity index (χ2n) is 4.15. The van der Waals surface area contributed by atoms with Crippen molar-refractivity contribution in [2.45, 2.75) is 26.1 Å². The van der Waals surface area contributed by atoms with E-state index in [0.29, 0.717) is 5.75 Å². The van der Waals surface area contributed by atoms with Crippen molar-refractivity contribution in [3.8, 4) is 5.75 Å². The minimum Gasteiger partial charge on any atom is -0.481 e. The van der Waals surface area contributed by atoms with E-state index in [9.17, 15) is 4.79 Å². The van der Waals surface area contributed by atoms with E-state index in [0.717, 1.165) is 5.56 Å². The molecule has 1 aromatic carbocycles. The molecule has 1 amide bonds. The van der Waals surface area contributed by atoms with E-state index in [2.05, 4.69) is 5.32 Å². The van der Waals surface area contributed by atoms with Crippen LogP contribution in [0, 0.1) is 6.92 Å². The van der Waals surface area contributed by atoms with E-state index in [1.807, 2.05) is 19.1 Å². The molecule has 0 fully saturated rings. The maximum atomic E-state index is 11.6. The molecule has 100 valence electrons. The predicted octanol–water partition coefficient (Wildman–Crippen LogP) is 0.232. The van der Waals surface area contributed by atoms with Crippen LogP contribution in [0.3, 0.4) is 0 Å². The molecule has 5 nitrogen and oxygen atoms in total. The number of nitrogens with one attached hydrogen (secondary N) is 1. The standard InChI is InChI=1S/C13H19NO4/c1-9-3-5-12(6-4-9)18-10(2)13(17)14-7-11(16)8-15/h3-6,10-11,15-16H,7-8H2,1-2H3,(H,14,17). The molecule has 0 heterocycles. The van der Waals surface area contributed by atoms with Crippen molar-refractivity contribution in [1.82, 2.24) is 5.32 Å². The molecule has 0 saturated heterocycles. The quantitative estimate of drug-likeness (QED) is 0.678. The molecule has 1 aromatic rings. The predicted molar refractivity (Wildman–Crippen MR) is 67.4 cm³/mol. The van der Waals surface area contributed by atoms with Gasteiger partial charge in [-0.15, -0.1) is 0 Å². The largest absolute Gasteiger partial charge is 0.481 e. The molecule has 0 aliphatic carbocycles. The second-order valence-corrected chi connectivity index (χ2v) is 4.15. The van der Waals surface area contributed by atoms with Gasteiger partial charge in [0, 0.05) is 6.54 Å². The minimum atomic E-state index is -0.944. The van der Waals surface area contributed by atoms with E-state index in [1.165, 1.54) is 0 Å². The van der Waals surface area contributed by atoms with Gasteiger partial charge in [-0.2, -0.15) is 0 Å². The monoisotopic (exact) mass is 253 g/mol. The molecule has 18 heavy (non-hydrogen) atoms. The van der Waals surface area contributed by atoms with Crippen molar-refractivity contribution in [3.63, 3.8) is 0 Å². The van der Waals surface area contributed by atoms with Gasteiger partial charge in [0.25, 0.3) is 5.91 Å². The van der Waals surface area contributed by atoms with Gasteiger partial charge in [0.1, 0.15) is 5.75 Å². The first-order valence-electron chi connectivity index (χ1n) is 5.83. The number of aliphatic hydroxyl groups excluding tert-OH is 2. The van der Waals surface area contributed by atoms with Gasteiger partial charge in [-0.3, -0.25) is 4.79 Å². The van der Waals surface area contributed by atoms with Crippen molar-refractivity contribution in [2.75, 3.05) is 13.2 Å². The number of ether oxygens (including phenoxy) is 1. The van der Waals surface area contributed by atoms with Crippen LogP contribution in [0.25, 0.3) is 0 Å². The Hall–Kier alpha value is -1.59. The molecule has 1 rings (SSSR count). The number of hydrogen-bond acceptors (Lipinski definition) is 4. The zero-order chi connectivity index (χ0) is 13.5. The normalized spacial score (nSPS) is 13.8. The van der Waals surface area contributed by atoms with E-state index < -0.39 is 12.2 Å². The van der Waals surface area contributed by atoms with E-state index in [1.54, 1.807) is 19.1 Å². The van der Waals surface area contributed by atoms with Crippen LogP contribution in [0.2, 0.25) is 0 Å². The average Bonchev–Trinajstić information content (AvgIpc) is 2.38. The molecule has 0 bridgehead atoms. The Balaban J connectivity index is 2.42. The van der Waals surface area contributed by atoms with E-state index in [4.69, 9.17) is 14.9 Å². The molecule has 5 heteroatoms. The van der Waals surface area contributed by atoms with Crippen LogP contribution in [0.5, 0.6) is 5.75 Å². The van der Waals surface area contributed by atoms with Crippen molar-refractivity contribution in [3.05, 3.63) is 29.8 Å². The number of benzene rings is 1. The highest BCUT2D eigenvalue weighted by molar-refractivity contribution is 5.80. The fourth-order valence-electron chi connectivity index (χ4n) is 1.30. The van der Waals surface area contributed by atoms with Crippen molar-refractivity contribution in [1.29, 1.82) is 0 Å². The fourth-order valence-corrected chi connectivity index (χ4v) is 1.30. The molecule has 0 aliphatic rings. The maximum absolute atomic E-state index is 11.6. The Bertz CT molecular complexity index is 377. The van der Waals surface area contributed by atoms with Crippen LogP contribution in [-0.2, 0) is 4.79 Å². The summed E-state index contributed by atoms with van der Waals surface area (Å²) in [6.07, 6.45) is -1.60. The molecule has 3 N–H and O–H groups in total. The first-order chi connectivity index (χ1) is 8.52. The van der Waals surface area contributed by atoms with E-state index in [-0.39, 0.29) is 19.1 Å². The third kappa shape index (κ3) is 4.73. The Morgan fingerprint density at radius 1 is 1.39 bits per heavy atom. The van der Waals surface area contributed by atoms with Gasteiger partial charge < -0.3 is 20.3 Å². The molecule has 0 aromatic heterocycles. The number of aryl methyl sites for hydroxylation is 1. The third-order valence-corrected chi connectivity index (χ3v) is 2.43. The fraction of sp³-hybridized carbons (Fsp3) is 0.462. The molecule has 2 unspecified atom stereocenters. The summed E-state index contributed by atoms with van der Waals surface area (Å²) in [4.78, 5) is 11.6. The van der Waals surface area contributed by atoms with Gasteiger partial charge in [0.05, 0.1) is 12.7 Å². The average molecular weight is 253 g/mol. The molecular formula is C13H19NO4. The van der Waals surface area contributed by atoms with Crippen LogP contribution in [0.15, 0.2) is 24.3 Å². The summed E-state index contributed by atoms with van der Waals surface area (Å²) in [7, 11) is 0. The summed E-state index contributed by atoms with van der Waals surface area (Å²) >= 11 is 0. The zero-order valence-electron chi connectivity index (χ0n) is 10.6. The van der Waals surface area contributed by atoms with Gasteiger partial charge in [0.15, 0.2) is 6.10 Å². The van der Waals surface area contributed by atoms with Gasteiger partial charge in [0.2, 0.25) is 0 Å². The SMILES string of the molecule is Cc1ccc(OC(C)C(=O)NCC(O)CO)cc1. The molecule has 2 atom stereocenters. The van der Waals surface area contributed by atoms with Crippen molar-refractivity contribution < 1.29 is 19.7 Å². The summed E-state index contributed by atoms with van der Waals surface area (Å²) in [5.74, 6) is 0.286. The molecular weight excluding hydrogens is 234 g/mol. The van der Waals surface area contributed by atoms with Crippen LogP contribution in [-0.4, -0.2) is 41.5 Å². The maximum Gasteiger partial charge on any atom is 0.260 e. The molecule has 0 spiro atoms. The summed E-state index contributed by atoms with van der Waals surface area (Å²) < 4.78 is 5.44. The second kappa shape index (κ2) is 6.98. The zero-order valence-corrected chi connectivity index (χ0v) is 10.6.